The number of benzene rings is 2. The standard InChI is InChI=1S/C21H17N7O4/c29-21(17-12-7-13-32-17)25-24-19-18(28(30)31)20(23-14-22-19)26-27(15-8-3-1-4-9-15)16-10-5-2-6-11-16/h1-14H,(H,25,29)(H2,22,23,24,26). The van der Waals surface area contributed by atoms with E-state index in [0.717, 1.165) is 17.7 Å². The Bertz CT molecular complexity index is 1160. The molecule has 0 spiro atoms. The Balaban J connectivity index is 1.65. The van der Waals surface area contributed by atoms with Gasteiger partial charge in [0.25, 0.3) is 0 Å². The maximum atomic E-state index is 12.1. The molecule has 11 nitrogen and oxygen atoms in total. The zero-order chi connectivity index (χ0) is 22.3. The maximum Gasteiger partial charge on any atom is 0.356 e. The molecule has 0 bridgehead atoms. The van der Waals surface area contributed by atoms with Gasteiger partial charge in [-0.25, -0.2) is 9.97 Å². The SMILES string of the molecule is O=C(NNc1ncnc(NN(c2ccccc2)c2ccccc2)c1[N+](=O)[O-])c1ccco1. The molecule has 160 valence electrons. The van der Waals surface area contributed by atoms with E-state index in [9.17, 15) is 14.9 Å². The monoisotopic (exact) mass is 431 g/mol. The number of amides is 1. The van der Waals surface area contributed by atoms with E-state index >= 15 is 0 Å². The first-order chi connectivity index (χ1) is 15.6. The van der Waals surface area contributed by atoms with Crippen LogP contribution in [0.15, 0.2) is 89.8 Å². The number of aromatic nitrogens is 2. The molecule has 0 saturated carbocycles. The number of hydrogen-bond donors (Lipinski definition) is 3. The topological polar surface area (TPSA) is 138 Å². The van der Waals surface area contributed by atoms with Gasteiger partial charge in [-0.05, 0) is 36.4 Å². The minimum atomic E-state index is -0.641. The zero-order valence-corrected chi connectivity index (χ0v) is 16.5. The quantitative estimate of drug-likeness (QED) is 0.280. The van der Waals surface area contributed by atoms with Crippen LogP contribution in [0.3, 0.4) is 0 Å². The lowest BCUT2D eigenvalue weighted by molar-refractivity contribution is -0.383. The van der Waals surface area contributed by atoms with Crippen LogP contribution in [-0.2, 0) is 0 Å². The Morgan fingerprint density at radius 3 is 2.09 bits per heavy atom. The summed E-state index contributed by atoms with van der Waals surface area (Å²) in [6.45, 7) is 0. The van der Waals surface area contributed by atoms with Crippen LogP contribution in [0.5, 0.6) is 0 Å². The van der Waals surface area contributed by atoms with Gasteiger partial charge in [-0.2, -0.15) is 0 Å². The van der Waals surface area contributed by atoms with Gasteiger partial charge in [-0.1, -0.05) is 36.4 Å². The van der Waals surface area contributed by atoms with Gasteiger partial charge in [0, 0.05) is 0 Å². The van der Waals surface area contributed by atoms with Crippen LogP contribution in [0.1, 0.15) is 10.6 Å². The first-order valence-corrected chi connectivity index (χ1v) is 9.39. The number of para-hydroxylation sites is 2. The second-order valence-electron chi connectivity index (χ2n) is 6.35. The molecular weight excluding hydrogens is 414 g/mol. The molecule has 4 aromatic rings. The zero-order valence-electron chi connectivity index (χ0n) is 16.5. The van der Waals surface area contributed by atoms with Crippen molar-refractivity contribution in [2.75, 3.05) is 15.9 Å². The van der Waals surface area contributed by atoms with Gasteiger partial charge < -0.3 is 4.42 Å². The van der Waals surface area contributed by atoms with Crippen molar-refractivity contribution in [2.24, 2.45) is 0 Å². The van der Waals surface area contributed by atoms with E-state index in [1.165, 1.54) is 12.3 Å². The molecule has 4 rings (SSSR count). The Morgan fingerprint density at radius 1 is 0.906 bits per heavy atom. The molecule has 0 unspecified atom stereocenters. The minimum absolute atomic E-state index is 0.0342. The van der Waals surface area contributed by atoms with Crippen LogP contribution in [-0.4, -0.2) is 20.8 Å². The van der Waals surface area contributed by atoms with Gasteiger partial charge in [0.1, 0.15) is 6.33 Å². The van der Waals surface area contributed by atoms with Crippen LogP contribution in [0.2, 0.25) is 0 Å². The first kappa shape index (κ1) is 20.3. The summed E-state index contributed by atoms with van der Waals surface area (Å²) in [6.07, 6.45) is 2.48. The summed E-state index contributed by atoms with van der Waals surface area (Å²) in [5.41, 5.74) is 8.78. The molecule has 0 aliphatic rings. The summed E-state index contributed by atoms with van der Waals surface area (Å²) >= 11 is 0. The third-order valence-electron chi connectivity index (χ3n) is 4.29. The molecular formula is C21H17N7O4. The Kier molecular flexibility index (Phi) is 5.89. The van der Waals surface area contributed by atoms with Crippen LogP contribution < -0.4 is 21.3 Å². The van der Waals surface area contributed by atoms with Crippen LogP contribution >= 0.6 is 0 Å². The number of hydrazine groups is 2. The fourth-order valence-corrected chi connectivity index (χ4v) is 2.85. The Morgan fingerprint density at radius 2 is 1.53 bits per heavy atom. The summed E-state index contributed by atoms with van der Waals surface area (Å²) in [7, 11) is 0. The van der Waals surface area contributed by atoms with E-state index in [2.05, 4.69) is 26.2 Å². The Hall–Kier alpha value is -4.93. The van der Waals surface area contributed by atoms with E-state index in [0.29, 0.717) is 0 Å². The lowest BCUT2D eigenvalue weighted by Gasteiger charge is -2.26. The number of hydrogen-bond acceptors (Lipinski definition) is 9. The lowest BCUT2D eigenvalue weighted by Crippen LogP contribution is -2.30. The molecule has 0 aliphatic carbocycles. The number of carbonyl (C=O) groups is 1. The minimum Gasteiger partial charge on any atom is -0.459 e. The number of anilines is 4. The second kappa shape index (κ2) is 9.26. The lowest BCUT2D eigenvalue weighted by atomic mass is 10.2. The van der Waals surface area contributed by atoms with Crippen molar-refractivity contribution in [2.45, 2.75) is 0 Å². The number of carbonyl (C=O) groups excluding carboxylic acids is 1. The highest BCUT2D eigenvalue weighted by Gasteiger charge is 2.26. The normalized spacial score (nSPS) is 10.2. The van der Waals surface area contributed by atoms with Crippen molar-refractivity contribution in [3.05, 3.63) is 101 Å². The van der Waals surface area contributed by atoms with E-state index in [4.69, 9.17) is 4.42 Å². The Labute approximate surface area is 181 Å². The molecule has 3 N–H and O–H groups in total. The molecule has 0 radical (unpaired) electrons. The van der Waals surface area contributed by atoms with Gasteiger partial charge in [0.2, 0.25) is 11.6 Å². The number of rotatable bonds is 8. The van der Waals surface area contributed by atoms with Crippen molar-refractivity contribution in [3.63, 3.8) is 0 Å². The molecule has 2 aromatic heterocycles. The van der Waals surface area contributed by atoms with Crippen LogP contribution in [0.25, 0.3) is 0 Å². The average Bonchev–Trinajstić information content (AvgIpc) is 3.37. The van der Waals surface area contributed by atoms with E-state index in [1.807, 2.05) is 60.7 Å². The maximum absolute atomic E-state index is 12.1. The number of nitrogens with one attached hydrogen (secondary N) is 3. The van der Waals surface area contributed by atoms with Gasteiger partial charge in [-0.15, -0.1) is 0 Å². The molecule has 2 aromatic carbocycles. The molecule has 0 fully saturated rings. The fraction of sp³-hybridized carbons (Fsp3) is 0. The summed E-state index contributed by atoms with van der Waals surface area (Å²) in [5, 5.41) is 13.5. The highest BCUT2D eigenvalue weighted by Crippen LogP contribution is 2.32. The van der Waals surface area contributed by atoms with Crippen LogP contribution in [0.4, 0.5) is 28.7 Å². The van der Waals surface area contributed by atoms with Crippen molar-refractivity contribution in [1.29, 1.82) is 0 Å². The summed E-state index contributed by atoms with van der Waals surface area (Å²) in [6, 6.07) is 21.5. The first-order valence-electron chi connectivity index (χ1n) is 9.39. The summed E-state index contributed by atoms with van der Waals surface area (Å²) < 4.78 is 5.00. The molecule has 1 amide bonds. The smallest absolute Gasteiger partial charge is 0.356 e. The molecule has 0 atom stereocenters. The number of nitro groups is 1. The van der Waals surface area contributed by atoms with Gasteiger partial charge >= 0.3 is 11.6 Å². The third kappa shape index (κ3) is 4.46. The summed E-state index contributed by atoms with van der Waals surface area (Å²) in [4.78, 5) is 31.3. The van der Waals surface area contributed by atoms with Crippen molar-refractivity contribution >= 4 is 34.6 Å². The van der Waals surface area contributed by atoms with Crippen molar-refractivity contribution < 1.29 is 14.1 Å². The fourth-order valence-electron chi connectivity index (χ4n) is 2.85. The molecule has 32 heavy (non-hydrogen) atoms. The van der Waals surface area contributed by atoms with Crippen molar-refractivity contribution in [3.8, 4) is 0 Å². The van der Waals surface area contributed by atoms with Gasteiger partial charge in [0.05, 0.1) is 22.6 Å². The third-order valence-corrected chi connectivity index (χ3v) is 4.29. The average molecular weight is 431 g/mol. The van der Waals surface area contributed by atoms with Crippen LogP contribution in [0, 0.1) is 10.1 Å². The molecule has 0 aliphatic heterocycles. The predicted octanol–water partition coefficient (Wildman–Crippen LogP) is 3.90. The predicted molar refractivity (Wildman–Crippen MR) is 117 cm³/mol. The highest BCUT2D eigenvalue weighted by molar-refractivity contribution is 5.92. The second-order valence-corrected chi connectivity index (χ2v) is 6.35. The molecule has 11 heteroatoms. The molecule has 2 heterocycles. The number of furan rings is 1. The largest absolute Gasteiger partial charge is 0.459 e. The van der Waals surface area contributed by atoms with E-state index < -0.39 is 16.5 Å². The van der Waals surface area contributed by atoms with Crippen molar-refractivity contribution in [1.82, 2.24) is 15.4 Å². The van der Waals surface area contributed by atoms with Gasteiger partial charge in [-0.3, -0.25) is 36.2 Å². The number of nitrogens with zero attached hydrogens (tertiary/aromatic N) is 4. The van der Waals surface area contributed by atoms with E-state index in [-0.39, 0.29) is 17.4 Å². The molecule has 0 saturated heterocycles. The highest BCUT2D eigenvalue weighted by atomic mass is 16.6. The van der Waals surface area contributed by atoms with Gasteiger partial charge in [0.15, 0.2) is 5.76 Å². The summed E-state index contributed by atoms with van der Waals surface area (Å²) in [5.74, 6) is -0.861. The van der Waals surface area contributed by atoms with E-state index in [1.54, 1.807) is 11.1 Å².